The Labute approximate surface area is 153 Å². The lowest BCUT2D eigenvalue weighted by molar-refractivity contribution is 0.0718. The largest absolute Gasteiger partial charge is 0.387 e. The highest BCUT2D eigenvalue weighted by molar-refractivity contribution is 7.99. The fourth-order valence-corrected chi connectivity index (χ4v) is 5.55. The van der Waals surface area contributed by atoms with Crippen LogP contribution in [0.1, 0.15) is 12.8 Å². The third kappa shape index (κ3) is 4.83. The maximum atomic E-state index is 10.5. The highest BCUT2D eigenvalue weighted by Gasteiger charge is 2.33. The molecule has 0 amide bonds. The number of nitrogens with zero attached hydrogens (tertiary/aromatic N) is 2. The van der Waals surface area contributed by atoms with Gasteiger partial charge in [0.2, 0.25) is 0 Å². The topological polar surface area (TPSA) is 47.9 Å². The van der Waals surface area contributed by atoms with Gasteiger partial charge in [-0.15, -0.1) is 11.8 Å². The van der Waals surface area contributed by atoms with E-state index in [1.165, 1.54) is 11.3 Å². The van der Waals surface area contributed by atoms with Crippen molar-refractivity contribution in [1.82, 2.24) is 10.2 Å². The Balaban J connectivity index is 1.45. The first-order valence-corrected chi connectivity index (χ1v) is 10.8. The van der Waals surface area contributed by atoms with Crippen molar-refractivity contribution in [2.24, 2.45) is 10.9 Å². The second kappa shape index (κ2) is 8.50. The van der Waals surface area contributed by atoms with Crippen LogP contribution in [-0.4, -0.2) is 65.5 Å². The normalized spacial score (nSPS) is 27.7. The Kier molecular flexibility index (Phi) is 6.36. The number of rotatable bonds is 5. The number of benzene rings is 1. The van der Waals surface area contributed by atoms with E-state index in [9.17, 15) is 5.11 Å². The summed E-state index contributed by atoms with van der Waals surface area (Å²) >= 11 is 3.77. The summed E-state index contributed by atoms with van der Waals surface area (Å²) in [5, 5.41) is 13.9. The first-order valence-electron chi connectivity index (χ1n) is 8.62. The van der Waals surface area contributed by atoms with Gasteiger partial charge in [-0.3, -0.25) is 4.99 Å². The minimum absolute atomic E-state index is 0.567. The molecule has 2 saturated heterocycles. The molecule has 4 nitrogen and oxygen atoms in total. The Bertz CT molecular complexity index is 546. The van der Waals surface area contributed by atoms with Crippen LogP contribution in [0.3, 0.4) is 0 Å². The molecule has 2 N–H and O–H groups in total. The van der Waals surface area contributed by atoms with Crippen molar-refractivity contribution in [3.63, 3.8) is 0 Å². The third-order valence-electron chi connectivity index (χ3n) is 4.68. The fourth-order valence-electron chi connectivity index (χ4n) is 3.20. The van der Waals surface area contributed by atoms with E-state index in [4.69, 9.17) is 0 Å². The first kappa shape index (κ1) is 18.0. The van der Waals surface area contributed by atoms with Crippen molar-refractivity contribution in [3.8, 4) is 0 Å². The number of aliphatic imine (C=N–C) groups is 1. The standard InChI is InChI=1S/C18H27N3OS2/c1-19-17(20-13-18(22)8-10-23-14-18)21-9-7-15(11-21)12-24-16-5-3-2-4-6-16/h2-6,15,22H,7-14H2,1H3,(H,19,20). The lowest BCUT2D eigenvalue weighted by Crippen LogP contribution is -2.48. The highest BCUT2D eigenvalue weighted by atomic mass is 32.2. The molecule has 2 unspecified atom stereocenters. The molecule has 6 heteroatoms. The smallest absolute Gasteiger partial charge is 0.193 e. The quantitative estimate of drug-likeness (QED) is 0.477. The van der Waals surface area contributed by atoms with Crippen LogP contribution in [0.15, 0.2) is 40.2 Å². The van der Waals surface area contributed by atoms with Gasteiger partial charge in [-0.1, -0.05) is 18.2 Å². The lowest BCUT2D eigenvalue weighted by Gasteiger charge is -2.27. The number of thioether (sulfide) groups is 2. The molecule has 2 aliphatic heterocycles. The van der Waals surface area contributed by atoms with Gasteiger partial charge in [0, 0.05) is 43.1 Å². The van der Waals surface area contributed by atoms with Crippen LogP contribution in [0.25, 0.3) is 0 Å². The summed E-state index contributed by atoms with van der Waals surface area (Å²) in [6.07, 6.45) is 2.08. The van der Waals surface area contributed by atoms with Crippen LogP contribution in [0.4, 0.5) is 0 Å². The molecule has 0 saturated carbocycles. The van der Waals surface area contributed by atoms with Crippen molar-refractivity contribution in [1.29, 1.82) is 0 Å². The van der Waals surface area contributed by atoms with Crippen molar-refractivity contribution in [2.45, 2.75) is 23.3 Å². The first-order chi connectivity index (χ1) is 11.7. The van der Waals surface area contributed by atoms with E-state index in [1.54, 1.807) is 0 Å². The van der Waals surface area contributed by atoms with E-state index in [1.807, 2.05) is 30.6 Å². The summed E-state index contributed by atoms with van der Waals surface area (Å²) in [6.45, 7) is 2.70. The summed E-state index contributed by atoms with van der Waals surface area (Å²) in [6, 6.07) is 10.6. The zero-order valence-corrected chi connectivity index (χ0v) is 15.9. The molecular weight excluding hydrogens is 338 g/mol. The van der Waals surface area contributed by atoms with Crippen molar-refractivity contribution in [2.75, 3.05) is 43.9 Å². The Hall–Kier alpha value is -0.850. The molecule has 0 spiro atoms. The SMILES string of the molecule is CN=C(NCC1(O)CCSC1)N1CCC(CSc2ccccc2)C1. The molecule has 0 radical (unpaired) electrons. The maximum absolute atomic E-state index is 10.5. The number of nitrogens with one attached hydrogen (secondary N) is 1. The van der Waals surface area contributed by atoms with Gasteiger partial charge in [-0.05, 0) is 36.6 Å². The summed E-state index contributed by atoms with van der Waals surface area (Å²) in [5.41, 5.74) is -0.567. The van der Waals surface area contributed by atoms with Gasteiger partial charge < -0.3 is 15.3 Å². The molecule has 2 fully saturated rings. The number of hydrogen-bond donors (Lipinski definition) is 2. The van der Waals surface area contributed by atoms with E-state index in [0.717, 1.165) is 42.7 Å². The molecule has 0 aromatic heterocycles. The fraction of sp³-hybridized carbons (Fsp3) is 0.611. The average Bonchev–Trinajstić information content (AvgIpc) is 3.24. The van der Waals surface area contributed by atoms with Gasteiger partial charge in [-0.2, -0.15) is 11.8 Å². The zero-order chi connectivity index (χ0) is 16.8. The summed E-state index contributed by atoms with van der Waals surface area (Å²) in [5.74, 6) is 4.66. The minimum Gasteiger partial charge on any atom is -0.387 e. The van der Waals surface area contributed by atoms with Gasteiger partial charge >= 0.3 is 0 Å². The van der Waals surface area contributed by atoms with Gasteiger partial charge in [0.15, 0.2) is 5.96 Å². The number of hydrogen-bond acceptors (Lipinski definition) is 4. The van der Waals surface area contributed by atoms with Gasteiger partial charge in [0.1, 0.15) is 0 Å². The van der Waals surface area contributed by atoms with Crippen LogP contribution in [0.5, 0.6) is 0 Å². The summed E-state index contributed by atoms with van der Waals surface area (Å²) < 4.78 is 0. The molecular formula is C18H27N3OS2. The van der Waals surface area contributed by atoms with Gasteiger partial charge in [0.05, 0.1) is 5.60 Å². The second-order valence-corrected chi connectivity index (χ2v) is 8.85. The number of guanidine groups is 1. The van der Waals surface area contributed by atoms with E-state index in [2.05, 4.69) is 45.5 Å². The average molecular weight is 366 g/mol. The third-order valence-corrected chi connectivity index (χ3v) is 7.16. The van der Waals surface area contributed by atoms with Crippen LogP contribution in [0, 0.1) is 5.92 Å². The maximum Gasteiger partial charge on any atom is 0.193 e. The van der Waals surface area contributed by atoms with Crippen molar-refractivity contribution < 1.29 is 5.11 Å². The summed E-state index contributed by atoms with van der Waals surface area (Å²) in [7, 11) is 1.84. The molecule has 2 heterocycles. The molecule has 24 heavy (non-hydrogen) atoms. The second-order valence-electron chi connectivity index (χ2n) is 6.65. The number of likely N-dealkylation sites (tertiary alicyclic amines) is 1. The molecule has 2 aliphatic rings. The molecule has 1 aromatic rings. The van der Waals surface area contributed by atoms with Crippen LogP contribution < -0.4 is 5.32 Å². The molecule has 0 aliphatic carbocycles. The van der Waals surface area contributed by atoms with Crippen molar-refractivity contribution in [3.05, 3.63) is 30.3 Å². The van der Waals surface area contributed by atoms with Crippen LogP contribution in [-0.2, 0) is 0 Å². The molecule has 1 aromatic carbocycles. The Morgan fingerprint density at radius 2 is 2.29 bits per heavy atom. The van der Waals surface area contributed by atoms with E-state index in [0.29, 0.717) is 12.5 Å². The molecule has 2 atom stereocenters. The van der Waals surface area contributed by atoms with Crippen LogP contribution >= 0.6 is 23.5 Å². The number of aliphatic hydroxyl groups is 1. The van der Waals surface area contributed by atoms with Crippen molar-refractivity contribution >= 4 is 29.5 Å². The molecule has 132 valence electrons. The van der Waals surface area contributed by atoms with Gasteiger partial charge in [0.25, 0.3) is 0 Å². The highest BCUT2D eigenvalue weighted by Crippen LogP contribution is 2.28. The minimum atomic E-state index is -0.567. The predicted molar refractivity (Wildman–Crippen MR) is 105 cm³/mol. The molecule has 3 rings (SSSR count). The Morgan fingerprint density at radius 3 is 3.00 bits per heavy atom. The van der Waals surface area contributed by atoms with E-state index < -0.39 is 5.60 Å². The van der Waals surface area contributed by atoms with E-state index in [-0.39, 0.29) is 0 Å². The van der Waals surface area contributed by atoms with Crippen LogP contribution in [0.2, 0.25) is 0 Å². The monoisotopic (exact) mass is 365 g/mol. The lowest BCUT2D eigenvalue weighted by atomic mass is 10.0. The van der Waals surface area contributed by atoms with E-state index >= 15 is 0 Å². The van der Waals surface area contributed by atoms with Gasteiger partial charge in [-0.25, -0.2) is 0 Å². The Morgan fingerprint density at radius 1 is 1.46 bits per heavy atom. The molecule has 0 bridgehead atoms. The predicted octanol–water partition coefficient (Wildman–Crippen LogP) is 2.54. The zero-order valence-electron chi connectivity index (χ0n) is 14.3. The summed E-state index contributed by atoms with van der Waals surface area (Å²) in [4.78, 5) is 8.10.